The third-order valence-corrected chi connectivity index (χ3v) is 2.15. The summed E-state index contributed by atoms with van der Waals surface area (Å²) in [5.41, 5.74) is 2.32. The van der Waals surface area contributed by atoms with Crippen LogP contribution < -0.4 is 4.72 Å². The first-order valence-electron chi connectivity index (χ1n) is 3.43. The molecular weight excluding hydrogens is 156 g/mol. The van der Waals surface area contributed by atoms with Crippen molar-refractivity contribution in [3.8, 4) is 0 Å². The summed E-state index contributed by atoms with van der Waals surface area (Å²) in [7, 11) is 0. The zero-order valence-electron chi connectivity index (χ0n) is 5.95. The van der Waals surface area contributed by atoms with Crippen molar-refractivity contribution in [3.05, 3.63) is 29.8 Å². The van der Waals surface area contributed by atoms with E-state index in [1.54, 1.807) is 11.9 Å². The Morgan fingerprint density at radius 2 is 2.27 bits per heavy atom. The molecule has 0 fully saturated rings. The van der Waals surface area contributed by atoms with Crippen molar-refractivity contribution >= 4 is 23.8 Å². The van der Waals surface area contributed by atoms with Gasteiger partial charge in [-0.2, -0.15) is 0 Å². The van der Waals surface area contributed by atoms with E-state index in [1.807, 2.05) is 18.3 Å². The zero-order chi connectivity index (χ0) is 7.52. The molecule has 1 aliphatic heterocycles. The van der Waals surface area contributed by atoms with Crippen LogP contribution in [0.5, 0.6) is 0 Å². The van der Waals surface area contributed by atoms with E-state index in [0.717, 1.165) is 17.1 Å². The van der Waals surface area contributed by atoms with Crippen molar-refractivity contribution in [2.24, 2.45) is 4.99 Å². The summed E-state index contributed by atoms with van der Waals surface area (Å²) in [6.45, 7) is 0. The molecule has 0 aliphatic carbocycles. The number of para-hydroxylation sites is 1. The number of hydrogen-bond donors (Lipinski definition) is 1. The summed E-state index contributed by atoms with van der Waals surface area (Å²) in [5.74, 6) is 0.786. The number of rotatable bonds is 0. The fourth-order valence-electron chi connectivity index (χ4n) is 0.985. The molecule has 2 nitrogen and oxygen atoms in total. The van der Waals surface area contributed by atoms with E-state index in [4.69, 9.17) is 0 Å². The highest BCUT2D eigenvalue weighted by atomic mass is 32.2. The molecule has 0 saturated heterocycles. The largest absolute Gasteiger partial charge is 0.328 e. The highest BCUT2D eigenvalue weighted by Crippen LogP contribution is 2.19. The first-order chi connectivity index (χ1) is 5.47. The molecule has 1 heterocycles. The van der Waals surface area contributed by atoms with Crippen LogP contribution in [0.3, 0.4) is 0 Å². The molecule has 0 unspecified atom stereocenters. The van der Waals surface area contributed by atoms with Crippen LogP contribution in [0.25, 0.3) is 0 Å². The normalized spacial score (nSPS) is 14.9. The first kappa shape index (κ1) is 6.73. The maximum absolute atomic E-state index is 4.19. The standard InChI is InChI=1S/C8H8N2S/c1-2-4-8-7(3-1)5-9-6-11-10-8/h1-5,10H,6H2. The molecule has 2 rings (SSSR count). The Kier molecular flexibility index (Phi) is 1.81. The number of hydrogen-bond acceptors (Lipinski definition) is 3. The molecule has 1 aromatic carbocycles. The van der Waals surface area contributed by atoms with Crippen molar-refractivity contribution < 1.29 is 0 Å². The van der Waals surface area contributed by atoms with E-state index < -0.39 is 0 Å². The summed E-state index contributed by atoms with van der Waals surface area (Å²) in [6, 6.07) is 8.14. The van der Waals surface area contributed by atoms with Crippen LogP contribution in [0.15, 0.2) is 29.3 Å². The number of benzene rings is 1. The van der Waals surface area contributed by atoms with Crippen molar-refractivity contribution in [2.75, 3.05) is 10.6 Å². The van der Waals surface area contributed by atoms with Crippen molar-refractivity contribution in [2.45, 2.75) is 0 Å². The van der Waals surface area contributed by atoms with E-state index in [-0.39, 0.29) is 0 Å². The van der Waals surface area contributed by atoms with Crippen LogP contribution in [-0.4, -0.2) is 12.1 Å². The smallest absolute Gasteiger partial charge is 0.104 e. The average Bonchev–Trinajstić information content (AvgIpc) is 2.28. The van der Waals surface area contributed by atoms with Crippen LogP contribution >= 0.6 is 11.9 Å². The molecule has 1 aliphatic rings. The molecule has 0 aromatic heterocycles. The van der Waals surface area contributed by atoms with Crippen LogP contribution in [0.4, 0.5) is 5.69 Å². The van der Waals surface area contributed by atoms with Gasteiger partial charge in [-0.25, -0.2) is 0 Å². The van der Waals surface area contributed by atoms with Gasteiger partial charge >= 0.3 is 0 Å². The Hall–Kier alpha value is -0.960. The number of anilines is 1. The lowest BCUT2D eigenvalue weighted by molar-refractivity contribution is 1.41. The van der Waals surface area contributed by atoms with Crippen molar-refractivity contribution in [3.63, 3.8) is 0 Å². The summed E-state index contributed by atoms with van der Waals surface area (Å²) in [4.78, 5) is 4.19. The summed E-state index contributed by atoms with van der Waals surface area (Å²) in [5, 5.41) is 0. The van der Waals surface area contributed by atoms with E-state index >= 15 is 0 Å². The summed E-state index contributed by atoms with van der Waals surface area (Å²) >= 11 is 1.61. The topological polar surface area (TPSA) is 24.4 Å². The molecule has 0 radical (unpaired) electrons. The van der Waals surface area contributed by atoms with Gasteiger partial charge in [-0.3, -0.25) is 4.99 Å². The Labute approximate surface area is 69.9 Å². The van der Waals surface area contributed by atoms with Gasteiger partial charge in [0.15, 0.2) is 0 Å². The molecule has 0 spiro atoms. The van der Waals surface area contributed by atoms with E-state index in [0.29, 0.717) is 0 Å². The summed E-state index contributed by atoms with van der Waals surface area (Å²) < 4.78 is 3.22. The fourth-order valence-corrected chi connectivity index (χ4v) is 1.54. The molecular formula is C8H8N2S. The number of nitrogens with zero attached hydrogens (tertiary/aromatic N) is 1. The highest BCUT2D eigenvalue weighted by Gasteiger charge is 2.00. The van der Waals surface area contributed by atoms with Crippen molar-refractivity contribution in [1.82, 2.24) is 0 Å². The van der Waals surface area contributed by atoms with Crippen LogP contribution in [0.2, 0.25) is 0 Å². The minimum atomic E-state index is 0.786. The van der Waals surface area contributed by atoms with Gasteiger partial charge in [-0.1, -0.05) is 18.2 Å². The second-order valence-corrected chi connectivity index (χ2v) is 3.03. The van der Waals surface area contributed by atoms with Gasteiger partial charge in [0.25, 0.3) is 0 Å². The molecule has 11 heavy (non-hydrogen) atoms. The minimum Gasteiger partial charge on any atom is -0.328 e. The molecule has 1 N–H and O–H groups in total. The van der Waals surface area contributed by atoms with Gasteiger partial charge in [0.05, 0.1) is 5.69 Å². The predicted molar refractivity (Wildman–Crippen MR) is 50.1 cm³/mol. The maximum Gasteiger partial charge on any atom is 0.104 e. The predicted octanol–water partition coefficient (Wildman–Crippen LogP) is 2.14. The van der Waals surface area contributed by atoms with Gasteiger partial charge in [0, 0.05) is 11.8 Å². The van der Waals surface area contributed by atoms with Gasteiger partial charge in [0.2, 0.25) is 0 Å². The first-order valence-corrected chi connectivity index (χ1v) is 4.42. The molecule has 56 valence electrons. The van der Waals surface area contributed by atoms with Gasteiger partial charge in [0.1, 0.15) is 5.88 Å². The monoisotopic (exact) mass is 164 g/mol. The van der Waals surface area contributed by atoms with Crippen LogP contribution in [-0.2, 0) is 0 Å². The third kappa shape index (κ3) is 1.38. The Bertz CT molecular complexity index is 283. The highest BCUT2D eigenvalue weighted by molar-refractivity contribution is 8.00. The van der Waals surface area contributed by atoms with E-state index in [1.165, 1.54) is 0 Å². The van der Waals surface area contributed by atoms with Gasteiger partial charge in [-0.05, 0) is 18.0 Å². The van der Waals surface area contributed by atoms with E-state index in [9.17, 15) is 0 Å². The average molecular weight is 164 g/mol. The molecule has 0 atom stereocenters. The Morgan fingerprint density at radius 3 is 3.27 bits per heavy atom. The third-order valence-electron chi connectivity index (χ3n) is 1.51. The Balaban J connectivity index is 2.45. The van der Waals surface area contributed by atoms with Crippen LogP contribution in [0, 0.1) is 0 Å². The molecule has 0 saturated carbocycles. The lowest BCUT2D eigenvalue weighted by atomic mass is 10.2. The van der Waals surface area contributed by atoms with Crippen molar-refractivity contribution in [1.29, 1.82) is 0 Å². The molecule has 0 amide bonds. The summed E-state index contributed by atoms with van der Waals surface area (Å²) in [6.07, 6.45) is 1.91. The lowest BCUT2D eigenvalue weighted by Crippen LogP contribution is -1.88. The second-order valence-electron chi connectivity index (χ2n) is 2.27. The lowest BCUT2D eigenvalue weighted by Gasteiger charge is -2.02. The van der Waals surface area contributed by atoms with Gasteiger partial charge in [-0.15, -0.1) is 0 Å². The fraction of sp³-hybridized carbons (Fsp3) is 0.125. The molecule has 3 heteroatoms. The number of fused-ring (bicyclic) bond motifs is 1. The SMILES string of the molecule is C1=NCSNc2ccccc21. The van der Waals surface area contributed by atoms with E-state index in [2.05, 4.69) is 21.8 Å². The second kappa shape index (κ2) is 2.96. The minimum absolute atomic E-state index is 0.786. The maximum atomic E-state index is 4.19. The van der Waals surface area contributed by atoms with Gasteiger partial charge < -0.3 is 4.72 Å². The quantitative estimate of drug-likeness (QED) is 0.594. The van der Waals surface area contributed by atoms with Crippen LogP contribution in [0.1, 0.15) is 5.56 Å². The molecule has 1 aromatic rings. The molecule has 0 bridgehead atoms. The number of aliphatic imine (C=N–C) groups is 1. The number of nitrogens with one attached hydrogen (secondary N) is 1. The Morgan fingerprint density at radius 1 is 1.36 bits per heavy atom. The zero-order valence-corrected chi connectivity index (χ0v) is 6.77.